The lowest BCUT2D eigenvalue weighted by molar-refractivity contribution is 0.0394. The zero-order valence-corrected chi connectivity index (χ0v) is 11.7. The lowest BCUT2D eigenvalue weighted by atomic mass is 10.2. The van der Waals surface area contributed by atoms with Crippen molar-refractivity contribution in [2.24, 2.45) is 0 Å². The molecule has 0 radical (unpaired) electrons. The molecule has 21 heavy (non-hydrogen) atoms. The van der Waals surface area contributed by atoms with Gasteiger partial charge >= 0.3 is 11.9 Å². The SMILES string of the molecule is COc1ccccc1C(=O)OC(=O)c1ccccc1OC. The van der Waals surface area contributed by atoms with E-state index in [1.54, 1.807) is 36.4 Å². The average molecular weight is 286 g/mol. The van der Waals surface area contributed by atoms with Crippen LogP contribution in [-0.4, -0.2) is 26.2 Å². The molecule has 0 atom stereocenters. The Hall–Kier alpha value is -2.82. The largest absolute Gasteiger partial charge is 0.496 e. The van der Waals surface area contributed by atoms with Crippen LogP contribution in [0.2, 0.25) is 0 Å². The monoisotopic (exact) mass is 286 g/mol. The number of benzene rings is 2. The van der Waals surface area contributed by atoms with E-state index in [9.17, 15) is 9.59 Å². The first-order valence-corrected chi connectivity index (χ1v) is 6.20. The molecular formula is C16H14O5. The van der Waals surface area contributed by atoms with Crippen LogP contribution >= 0.6 is 0 Å². The maximum Gasteiger partial charge on any atom is 0.349 e. The highest BCUT2D eigenvalue weighted by Gasteiger charge is 2.20. The third kappa shape index (κ3) is 3.20. The summed E-state index contributed by atoms with van der Waals surface area (Å²) in [6.45, 7) is 0. The smallest absolute Gasteiger partial charge is 0.349 e. The number of carbonyl (C=O) groups excluding carboxylic acids is 2. The van der Waals surface area contributed by atoms with Crippen LogP contribution in [-0.2, 0) is 4.74 Å². The number of ether oxygens (including phenoxy) is 3. The first-order chi connectivity index (χ1) is 10.2. The van der Waals surface area contributed by atoms with Gasteiger partial charge in [0.25, 0.3) is 0 Å². The summed E-state index contributed by atoms with van der Waals surface area (Å²) in [4.78, 5) is 24.1. The number of methoxy groups -OCH3 is 2. The molecule has 0 unspecified atom stereocenters. The molecule has 0 aliphatic rings. The van der Waals surface area contributed by atoms with Crippen LogP contribution in [0.15, 0.2) is 48.5 Å². The Morgan fingerprint density at radius 2 is 1.10 bits per heavy atom. The van der Waals surface area contributed by atoms with Crippen molar-refractivity contribution in [3.63, 3.8) is 0 Å². The van der Waals surface area contributed by atoms with E-state index in [0.29, 0.717) is 11.5 Å². The fraction of sp³-hybridized carbons (Fsp3) is 0.125. The number of hydrogen-bond donors (Lipinski definition) is 0. The maximum atomic E-state index is 12.0. The molecule has 108 valence electrons. The van der Waals surface area contributed by atoms with Gasteiger partial charge in [-0.05, 0) is 24.3 Å². The summed E-state index contributed by atoms with van der Waals surface area (Å²) in [5.41, 5.74) is 0.367. The molecule has 2 aromatic rings. The first-order valence-electron chi connectivity index (χ1n) is 6.20. The zero-order valence-electron chi connectivity index (χ0n) is 11.7. The van der Waals surface area contributed by atoms with Gasteiger partial charge in [0.2, 0.25) is 0 Å². The molecule has 0 aliphatic carbocycles. The van der Waals surface area contributed by atoms with Crippen molar-refractivity contribution in [3.8, 4) is 11.5 Å². The van der Waals surface area contributed by atoms with E-state index in [0.717, 1.165) is 0 Å². The molecule has 0 aromatic heterocycles. The van der Waals surface area contributed by atoms with Gasteiger partial charge in [-0.25, -0.2) is 9.59 Å². The minimum atomic E-state index is -0.775. The van der Waals surface area contributed by atoms with E-state index in [4.69, 9.17) is 14.2 Å². The van der Waals surface area contributed by atoms with Crippen LogP contribution < -0.4 is 9.47 Å². The van der Waals surface area contributed by atoms with E-state index in [1.165, 1.54) is 26.4 Å². The summed E-state index contributed by atoms with van der Waals surface area (Å²) >= 11 is 0. The van der Waals surface area contributed by atoms with Crippen LogP contribution in [0.25, 0.3) is 0 Å². The zero-order chi connectivity index (χ0) is 15.2. The molecule has 0 spiro atoms. The molecule has 0 bridgehead atoms. The molecule has 0 saturated carbocycles. The molecule has 5 nitrogen and oxygen atoms in total. The molecular weight excluding hydrogens is 272 g/mol. The predicted octanol–water partition coefficient (Wildman–Crippen LogP) is 2.70. The Labute approximate surface area is 122 Å². The summed E-state index contributed by atoms with van der Waals surface area (Å²) in [6.07, 6.45) is 0. The van der Waals surface area contributed by atoms with E-state index in [1.807, 2.05) is 0 Å². The normalized spacial score (nSPS) is 9.81. The third-order valence-corrected chi connectivity index (χ3v) is 2.84. The summed E-state index contributed by atoms with van der Waals surface area (Å²) < 4.78 is 15.0. The predicted molar refractivity (Wildman–Crippen MR) is 75.7 cm³/mol. The quantitative estimate of drug-likeness (QED) is 0.639. The van der Waals surface area contributed by atoms with Crippen LogP contribution in [0.3, 0.4) is 0 Å². The summed E-state index contributed by atoms with van der Waals surface area (Å²) in [7, 11) is 2.88. The molecule has 0 aliphatic heterocycles. The fourth-order valence-corrected chi connectivity index (χ4v) is 1.82. The highest BCUT2D eigenvalue weighted by molar-refractivity contribution is 6.04. The van der Waals surface area contributed by atoms with Crippen molar-refractivity contribution in [1.29, 1.82) is 0 Å². The fourth-order valence-electron chi connectivity index (χ4n) is 1.82. The van der Waals surface area contributed by atoms with E-state index >= 15 is 0 Å². The Kier molecular flexibility index (Phi) is 4.56. The van der Waals surface area contributed by atoms with E-state index in [-0.39, 0.29) is 11.1 Å². The van der Waals surface area contributed by atoms with E-state index in [2.05, 4.69) is 0 Å². The van der Waals surface area contributed by atoms with Crippen molar-refractivity contribution in [1.82, 2.24) is 0 Å². The van der Waals surface area contributed by atoms with Crippen molar-refractivity contribution in [3.05, 3.63) is 59.7 Å². The summed E-state index contributed by atoms with van der Waals surface area (Å²) in [5.74, 6) is -0.864. The summed E-state index contributed by atoms with van der Waals surface area (Å²) in [6, 6.07) is 13.0. The molecule has 0 N–H and O–H groups in total. The second kappa shape index (κ2) is 6.56. The molecule has 0 saturated heterocycles. The molecule has 2 aromatic carbocycles. The molecule has 2 rings (SSSR count). The number of para-hydroxylation sites is 2. The first kappa shape index (κ1) is 14.6. The van der Waals surface area contributed by atoms with Gasteiger partial charge in [-0.3, -0.25) is 0 Å². The van der Waals surface area contributed by atoms with Gasteiger partial charge in [0.1, 0.15) is 22.6 Å². The maximum absolute atomic E-state index is 12.0. The lowest BCUT2D eigenvalue weighted by Gasteiger charge is -2.09. The minimum absolute atomic E-state index is 0.184. The number of hydrogen-bond acceptors (Lipinski definition) is 5. The van der Waals surface area contributed by atoms with Gasteiger partial charge in [0.05, 0.1) is 14.2 Å². The van der Waals surface area contributed by atoms with Crippen LogP contribution in [0.1, 0.15) is 20.7 Å². The van der Waals surface area contributed by atoms with Crippen molar-refractivity contribution in [2.45, 2.75) is 0 Å². The standard InChI is InChI=1S/C16H14O5/c1-19-13-9-5-3-7-11(13)15(17)21-16(18)12-8-4-6-10-14(12)20-2/h3-10H,1-2H3. The Morgan fingerprint density at radius 1 is 0.714 bits per heavy atom. The van der Waals surface area contributed by atoms with Gasteiger partial charge in [0, 0.05) is 0 Å². The van der Waals surface area contributed by atoms with Gasteiger partial charge in [0.15, 0.2) is 0 Å². The number of rotatable bonds is 4. The van der Waals surface area contributed by atoms with Crippen molar-refractivity contribution >= 4 is 11.9 Å². The third-order valence-electron chi connectivity index (χ3n) is 2.84. The number of carbonyl (C=O) groups is 2. The second-order valence-electron chi connectivity index (χ2n) is 4.08. The second-order valence-corrected chi connectivity index (χ2v) is 4.08. The topological polar surface area (TPSA) is 61.8 Å². The van der Waals surface area contributed by atoms with Crippen LogP contribution in [0.5, 0.6) is 11.5 Å². The van der Waals surface area contributed by atoms with Gasteiger partial charge in [-0.2, -0.15) is 0 Å². The highest BCUT2D eigenvalue weighted by atomic mass is 16.6. The van der Waals surface area contributed by atoms with Gasteiger partial charge in [-0.1, -0.05) is 24.3 Å². The van der Waals surface area contributed by atoms with Crippen LogP contribution in [0, 0.1) is 0 Å². The average Bonchev–Trinajstić information content (AvgIpc) is 2.54. The number of esters is 2. The Bertz CT molecular complexity index is 606. The highest BCUT2D eigenvalue weighted by Crippen LogP contribution is 2.21. The molecule has 5 heteroatoms. The molecule has 0 amide bonds. The Morgan fingerprint density at radius 3 is 1.48 bits per heavy atom. The van der Waals surface area contributed by atoms with Gasteiger partial charge in [-0.15, -0.1) is 0 Å². The van der Waals surface area contributed by atoms with Crippen molar-refractivity contribution < 1.29 is 23.8 Å². The summed E-state index contributed by atoms with van der Waals surface area (Å²) in [5, 5.41) is 0. The lowest BCUT2D eigenvalue weighted by Crippen LogP contribution is -2.14. The molecule has 0 heterocycles. The molecule has 0 fully saturated rings. The van der Waals surface area contributed by atoms with Crippen molar-refractivity contribution in [2.75, 3.05) is 14.2 Å². The van der Waals surface area contributed by atoms with E-state index < -0.39 is 11.9 Å². The minimum Gasteiger partial charge on any atom is -0.496 e. The Balaban J connectivity index is 2.21. The van der Waals surface area contributed by atoms with Crippen LogP contribution in [0.4, 0.5) is 0 Å². The van der Waals surface area contributed by atoms with Gasteiger partial charge < -0.3 is 14.2 Å².